The summed E-state index contributed by atoms with van der Waals surface area (Å²) < 4.78 is 15.9. The lowest BCUT2D eigenvalue weighted by molar-refractivity contribution is 0.174. The normalized spacial score (nSPS) is 14.9. The third kappa shape index (κ3) is 1.82. The van der Waals surface area contributed by atoms with Crippen LogP contribution in [0.15, 0.2) is 22.6 Å². The minimum absolute atomic E-state index is 0.243. The predicted molar refractivity (Wildman–Crippen MR) is 60.1 cm³/mol. The number of alkyl halides is 1. The minimum atomic E-state index is -0.301. The first-order valence-electron chi connectivity index (χ1n) is 5.11. The SMILES string of the molecule is CC(Cl)c1nnc(-c2ccc3c(c2)OCO3)o1. The first-order valence-corrected chi connectivity index (χ1v) is 5.55. The van der Waals surface area contributed by atoms with E-state index < -0.39 is 0 Å². The first kappa shape index (κ1) is 10.4. The number of hydrogen-bond acceptors (Lipinski definition) is 5. The molecule has 2 heterocycles. The largest absolute Gasteiger partial charge is 0.454 e. The van der Waals surface area contributed by atoms with Gasteiger partial charge in [-0.1, -0.05) is 0 Å². The van der Waals surface area contributed by atoms with E-state index in [1.54, 1.807) is 13.0 Å². The molecule has 0 N–H and O–H groups in total. The lowest BCUT2D eigenvalue weighted by Gasteiger charge is -1.98. The molecule has 2 aromatic rings. The number of aromatic nitrogens is 2. The fourth-order valence-corrected chi connectivity index (χ4v) is 1.63. The van der Waals surface area contributed by atoms with Crippen molar-refractivity contribution in [2.75, 3.05) is 6.79 Å². The van der Waals surface area contributed by atoms with Crippen LogP contribution < -0.4 is 9.47 Å². The second kappa shape index (κ2) is 3.92. The van der Waals surface area contributed by atoms with Gasteiger partial charge in [0, 0.05) is 5.56 Å². The molecule has 0 saturated carbocycles. The van der Waals surface area contributed by atoms with Crippen LogP contribution >= 0.6 is 11.6 Å². The Labute approximate surface area is 102 Å². The van der Waals surface area contributed by atoms with E-state index >= 15 is 0 Å². The highest BCUT2D eigenvalue weighted by atomic mass is 35.5. The molecule has 5 nitrogen and oxygen atoms in total. The van der Waals surface area contributed by atoms with Gasteiger partial charge in [-0.05, 0) is 25.1 Å². The standard InChI is InChI=1S/C11H9ClN2O3/c1-6(12)10-13-14-11(17-10)7-2-3-8-9(4-7)16-5-15-8/h2-4,6H,5H2,1H3. The summed E-state index contributed by atoms with van der Waals surface area (Å²) in [6.45, 7) is 2.02. The van der Waals surface area contributed by atoms with Crippen LogP contribution in [-0.2, 0) is 0 Å². The van der Waals surface area contributed by atoms with Gasteiger partial charge in [0.05, 0.1) is 0 Å². The molecule has 6 heteroatoms. The molecule has 1 unspecified atom stereocenters. The van der Waals surface area contributed by atoms with Crippen LogP contribution in [0.2, 0.25) is 0 Å². The molecule has 0 fully saturated rings. The van der Waals surface area contributed by atoms with Crippen molar-refractivity contribution >= 4 is 11.6 Å². The molecular weight excluding hydrogens is 244 g/mol. The zero-order valence-electron chi connectivity index (χ0n) is 9.01. The first-order chi connectivity index (χ1) is 8.24. The lowest BCUT2D eigenvalue weighted by atomic mass is 10.2. The molecular formula is C11H9ClN2O3. The molecule has 88 valence electrons. The molecule has 0 saturated heterocycles. The number of hydrogen-bond donors (Lipinski definition) is 0. The fraction of sp³-hybridized carbons (Fsp3) is 0.273. The Morgan fingerprint density at radius 2 is 2.06 bits per heavy atom. The summed E-state index contributed by atoms with van der Waals surface area (Å²) in [7, 11) is 0. The third-order valence-corrected chi connectivity index (χ3v) is 2.59. The van der Waals surface area contributed by atoms with E-state index in [-0.39, 0.29) is 12.2 Å². The number of benzene rings is 1. The van der Waals surface area contributed by atoms with Gasteiger partial charge in [0.2, 0.25) is 18.6 Å². The van der Waals surface area contributed by atoms with Crippen LogP contribution in [0.1, 0.15) is 18.2 Å². The Balaban J connectivity index is 1.97. The van der Waals surface area contributed by atoms with Gasteiger partial charge < -0.3 is 13.9 Å². The Bertz CT molecular complexity index is 553. The van der Waals surface area contributed by atoms with E-state index in [0.717, 1.165) is 11.3 Å². The summed E-state index contributed by atoms with van der Waals surface area (Å²) in [5.41, 5.74) is 0.783. The second-order valence-corrected chi connectivity index (χ2v) is 4.28. The van der Waals surface area contributed by atoms with Gasteiger partial charge in [-0.2, -0.15) is 0 Å². The number of rotatable bonds is 2. The fourth-order valence-electron chi connectivity index (χ4n) is 1.54. The maximum atomic E-state index is 5.86. The van der Waals surface area contributed by atoms with Crippen LogP contribution in [0.25, 0.3) is 11.5 Å². The predicted octanol–water partition coefficient (Wildman–Crippen LogP) is 2.77. The average Bonchev–Trinajstić information content (AvgIpc) is 2.97. The van der Waals surface area contributed by atoms with Gasteiger partial charge in [-0.3, -0.25) is 0 Å². The van der Waals surface area contributed by atoms with Crippen molar-refractivity contribution in [3.05, 3.63) is 24.1 Å². The molecule has 1 aliphatic rings. The van der Waals surface area contributed by atoms with E-state index in [0.29, 0.717) is 17.5 Å². The monoisotopic (exact) mass is 252 g/mol. The van der Waals surface area contributed by atoms with Crippen molar-refractivity contribution in [3.63, 3.8) is 0 Å². The summed E-state index contributed by atoms with van der Waals surface area (Å²) in [6, 6.07) is 5.45. The number of fused-ring (bicyclic) bond motifs is 1. The van der Waals surface area contributed by atoms with Crippen LogP contribution in [0.4, 0.5) is 0 Å². The highest BCUT2D eigenvalue weighted by Crippen LogP contribution is 2.35. The second-order valence-electron chi connectivity index (χ2n) is 3.63. The Morgan fingerprint density at radius 3 is 2.82 bits per heavy atom. The molecule has 0 spiro atoms. The van der Waals surface area contributed by atoms with Crippen molar-refractivity contribution in [2.24, 2.45) is 0 Å². The molecule has 0 radical (unpaired) electrons. The van der Waals surface area contributed by atoms with Crippen LogP contribution in [0.5, 0.6) is 11.5 Å². The lowest BCUT2D eigenvalue weighted by Crippen LogP contribution is -1.92. The molecule has 17 heavy (non-hydrogen) atoms. The number of nitrogens with zero attached hydrogens (tertiary/aromatic N) is 2. The average molecular weight is 253 g/mol. The van der Waals surface area contributed by atoms with Crippen LogP contribution in [0.3, 0.4) is 0 Å². The van der Waals surface area contributed by atoms with Gasteiger partial charge in [-0.15, -0.1) is 21.8 Å². The zero-order chi connectivity index (χ0) is 11.8. The van der Waals surface area contributed by atoms with Gasteiger partial charge in [0.15, 0.2) is 11.5 Å². The Hall–Kier alpha value is -1.75. The molecule has 0 aliphatic carbocycles. The van der Waals surface area contributed by atoms with E-state index in [9.17, 15) is 0 Å². The van der Waals surface area contributed by atoms with Gasteiger partial charge in [0.25, 0.3) is 0 Å². The van der Waals surface area contributed by atoms with Gasteiger partial charge >= 0.3 is 0 Å². The van der Waals surface area contributed by atoms with Crippen LogP contribution in [0, 0.1) is 0 Å². The van der Waals surface area contributed by atoms with E-state index in [1.807, 2.05) is 12.1 Å². The molecule has 1 aromatic heterocycles. The summed E-state index contributed by atoms with van der Waals surface area (Å²) in [5.74, 6) is 2.23. The zero-order valence-corrected chi connectivity index (χ0v) is 9.77. The van der Waals surface area contributed by atoms with Crippen molar-refractivity contribution in [1.82, 2.24) is 10.2 Å². The highest BCUT2D eigenvalue weighted by Gasteiger charge is 2.17. The number of halogens is 1. The summed E-state index contributed by atoms with van der Waals surface area (Å²) >= 11 is 5.86. The maximum Gasteiger partial charge on any atom is 0.247 e. The maximum absolute atomic E-state index is 5.86. The molecule has 0 amide bonds. The topological polar surface area (TPSA) is 57.4 Å². The van der Waals surface area contributed by atoms with E-state index in [2.05, 4.69) is 10.2 Å². The minimum Gasteiger partial charge on any atom is -0.454 e. The Kier molecular flexibility index (Phi) is 2.40. The molecule has 1 aromatic carbocycles. The van der Waals surface area contributed by atoms with Gasteiger partial charge in [0.1, 0.15) is 5.38 Å². The Morgan fingerprint density at radius 1 is 1.24 bits per heavy atom. The van der Waals surface area contributed by atoms with Crippen molar-refractivity contribution in [2.45, 2.75) is 12.3 Å². The molecule has 1 atom stereocenters. The molecule has 0 bridgehead atoms. The quantitative estimate of drug-likeness (QED) is 0.769. The smallest absolute Gasteiger partial charge is 0.247 e. The van der Waals surface area contributed by atoms with Crippen molar-refractivity contribution in [3.8, 4) is 23.0 Å². The van der Waals surface area contributed by atoms with Gasteiger partial charge in [-0.25, -0.2) is 0 Å². The molecule has 3 rings (SSSR count). The van der Waals surface area contributed by atoms with E-state index in [4.69, 9.17) is 25.5 Å². The third-order valence-electron chi connectivity index (χ3n) is 2.40. The van der Waals surface area contributed by atoms with Crippen molar-refractivity contribution in [1.29, 1.82) is 0 Å². The van der Waals surface area contributed by atoms with Crippen molar-refractivity contribution < 1.29 is 13.9 Å². The van der Waals surface area contributed by atoms with E-state index in [1.165, 1.54) is 0 Å². The summed E-state index contributed by atoms with van der Waals surface area (Å²) in [6.07, 6.45) is 0. The summed E-state index contributed by atoms with van der Waals surface area (Å²) in [5, 5.41) is 7.50. The highest BCUT2D eigenvalue weighted by molar-refractivity contribution is 6.20. The summed E-state index contributed by atoms with van der Waals surface area (Å²) in [4.78, 5) is 0. The molecule has 1 aliphatic heterocycles. The number of ether oxygens (including phenoxy) is 2. The van der Waals surface area contributed by atoms with Crippen LogP contribution in [-0.4, -0.2) is 17.0 Å².